The molecule has 0 bridgehead atoms. The molecule has 0 radical (unpaired) electrons. The van der Waals surface area contributed by atoms with Gasteiger partial charge in [0.25, 0.3) is 0 Å². The Morgan fingerprint density at radius 3 is 2.40 bits per heavy atom. The first-order chi connectivity index (χ1) is 6.72. The Labute approximate surface area is 89.2 Å². The highest BCUT2D eigenvalue weighted by Gasteiger charge is 2.42. The molecule has 1 aliphatic heterocycles. The molecule has 1 rings (SSSR count). The monoisotopic (exact) mass is 238 g/mol. The quantitative estimate of drug-likeness (QED) is 0.424. The van der Waals surface area contributed by atoms with Gasteiger partial charge >= 0.3 is 7.82 Å². The van der Waals surface area contributed by atoms with E-state index in [9.17, 15) is 9.67 Å². The Morgan fingerprint density at radius 1 is 1.53 bits per heavy atom. The van der Waals surface area contributed by atoms with E-state index in [-0.39, 0.29) is 11.9 Å². The van der Waals surface area contributed by atoms with Crippen LogP contribution in [-0.4, -0.2) is 47.1 Å². The van der Waals surface area contributed by atoms with Gasteiger partial charge in [-0.25, -0.2) is 4.57 Å². The van der Waals surface area contributed by atoms with Gasteiger partial charge in [-0.3, -0.25) is 4.52 Å². The number of hydrogen-bond acceptors (Lipinski definition) is 4. The van der Waals surface area contributed by atoms with Gasteiger partial charge in [-0.15, -0.1) is 0 Å². The minimum absolute atomic E-state index is 0.0715. The van der Waals surface area contributed by atoms with Gasteiger partial charge in [-0.05, 0) is 6.92 Å². The van der Waals surface area contributed by atoms with Crippen LogP contribution in [0.2, 0.25) is 0 Å². The van der Waals surface area contributed by atoms with Crippen LogP contribution in [0.25, 0.3) is 0 Å². The summed E-state index contributed by atoms with van der Waals surface area (Å²) in [5, 5.41) is 9.74. The molecular weight excluding hydrogens is 222 g/mol. The fourth-order valence-corrected chi connectivity index (χ4v) is 2.25. The second kappa shape index (κ2) is 4.53. The number of rotatable bonds is 3. The van der Waals surface area contributed by atoms with E-state index >= 15 is 0 Å². The lowest BCUT2D eigenvalue weighted by molar-refractivity contribution is -0.0429. The first kappa shape index (κ1) is 13.2. The first-order valence-corrected chi connectivity index (χ1v) is 6.33. The summed E-state index contributed by atoms with van der Waals surface area (Å²) in [6.07, 6.45) is -2.29. The number of hydrogen-bond donors (Lipinski definition) is 3. The smallest absolute Gasteiger partial charge is 0.390 e. The molecule has 0 saturated carbocycles. The number of phosphoric acid groups is 1. The van der Waals surface area contributed by atoms with Crippen LogP contribution >= 0.6 is 7.82 Å². The highest BCUT2D eigenvalue weighted by atomic mass is 31.2. The van der Waals surface area contributed by atoms with Crippen molar-refractivity contribution in [3.63, 3.8) is 0 Å². The summed E-state index contributed by atoms with van der Waals surface area (Å²) in [4.78, 5) is 17.2. The summed E-state index contributed by atoms with van der Waals surface area (Å²) in [6, 6.07) is -0.146. The summed E-state index contributed by atoms with van der Waals surface area (Å²) < 4.78 is 20.4. The highest BCUT2D eigenvalue weighted by molar-refractivity contribution is 7.46. The van der Waals surface area contributed by atoms with Crippen molar-refractivity contribution in [1.82, 2.24) is 0 Å². The summed E-state index contributed by atoms with van der Waals surface area (Å²) in [6.45, 7) is 3.29. The van der Waals surface area contributed by atoms with Crippen molar-refractivity contribution < 1.29 is 28.7 Å². The number of ether oxygens (including phenoxy) is 1. The Balaban J connectivity index is 2.62. The number of aliphatic hydroxyl groups excluding tert-OH is 1. The summed E-state index contributed by atoms with van der Waals surface area (Å²) in [5.74, 6) is -0.0715. The van der Waals surface area contributed by atoms with Crippen LogP contribution in [0, 0.1) is 5.92 Å². The maximum absolute atomic E-state index is 10.6. The third-order valence-electron chi connectivity index (χ3n) is 2.75. The molecule has 8 heteroatoms. The average Bonchev–Trinajstić information content (AvgIpc) is 2.30. The largest absolute Gasteiger partial charge is 0.469 e. The van der Waals surface area contributed by atoms with Crippen LogP contribution in [0.3, 0.4) is 0 Å². The zero-order chi connectivity index (χ0) is 11.8. The van der Waals surface area contributed by atoms with Crippen LogP contribution in [0.5, 0.6) is 0 Å². The zero-order valence-corrected chi connectivity index (χ0v) is 9.79. The average molecular weight is 238 g/mol. The summed E-state index contributed by atoms with van der Waals surface area (Å²) >= 11 is 0. The van der Waals surface area contributed by atoms with Crippen LogP contribution in [-0.2, 0) is 13.8 Å². The normalized spacial score (nSPS) is 39.3. The van der Waals surface area contributed by atoms with Gasteiger partial charge in [0.05, 0.1) is 12.2 Å². The van der Waals surface area contributed by atoms with Crippen molar-refractivity contribution >= 4 is 15.7 Å². The van der Waals surface area contributed by atoms with Crippen molar-refractivity contribution in [2.45, 2.75) is 38.2 Å². The van der Waals surface area contributed by atoms with Gasteiger partial charge in [0.2, 0.25) is 0 Å². The molecule has 0 spiro atoms. The van der Waals surface area contributed by atoms with Crippen LogP contribution in [0.1, 0.15) is 13.8 Å². The van der Waals surface area contributed by atoms with E-state index in [1.807, 2.05) is 6.92 Å². The van der Waals surface area contributed by atoms with Gasteiger partial charge < -0.3 is 19.6 Å². The maximum atomic E-state index is 10.6. The molecular formula is C7H16BO6P. The molecule has 0 aromatic carbocycles. The topological polar surface area (TPSA) is 96.2 Å². The fraction of sp³-hybridized carbons (Fsp3) is 1.00. The van der Waals surface area contributed by atoms with E-state index < -0.39 is 26.1 Å². The third-order valence-corrected chi connectivity index (χ3v) is 3.36. The van der Waals surface area contributed by atoms with Crippen molar-refractivity contribution in [3.8, 4) is 0 Å². The van der Waals surface area contributed by atoms with Crippen LogP contribution in [0.15, 0.2) is 0 Å². The van der Waals surface area contributed by atoms with E-state index in [2.05, 4.69) is 4.52 Å². The maximum Gasteiger partial charge on any atom is 0.469 e. The summed E-state index contributed by atoms with van der Waals surface area (Å²) in [5.41, 5.74) is 0. The molecule has 0 aromatic rings. The molecule has 15 heavy (non-hydrogen) atoms. The third kappa shape index (κ3) is 3.27. The second-order valence-corrected chi connectivity index (χ2v) is 5.15. The molecule has 0 aromatic heterocycles. The highest BCUT2D eigenvalue weighted by Crippen LogP contribution is 2.40. The molecule has 0 aliphatic carbocycles. The lowest BCUT2D eigenvalue weighted by atomic mass is 9.86. The molecule has 3 N–H and O–H groups in total. The predicted octanol–water partition coefficient (Wildman–Crippen LogP) is -1.16. The fourth-order valence-electron chi connectivity index (χ4n) is 1.69. The van der Waals surface area contributed by atoms with Crippen molar-refractivity contribution in [2.24, 2.45) is 5.92 Å². The molecule has 6 nitrogen and oxygen atoms in total. The Kier molecular flexibility index (Phi) is 3.98. The lowest BCUT2D eigenvalue weighted by Crippen LogP contribution is -2.35. The van der Waals surface area contributed by atoms with Crippen molar-refractivity contribution in [1.29, 1.82) is 0 Å². The number of aliphatic hydroxyl groups is 1. The lowest BCUT2D eigenvalue weighted by Gasteiger charge is -2.22. The Morgan fingerprint density at radius 2 is 2.07 bits per heavy atom. The molecule has 1 aliphatic rings. The molecule has 1 unspecified atom stereocenters. The van der Waals surface area contributed by atoms with E-state index in [1.54, 1.807) is 7.85 Å². The standard InChI is InChI=1S/C7H16BO6P/c1-3-5(9)6(13-7(3)8)4(2)14-15(10,11)12/h3-7,9H,8H2,1-2H3,(H2,10,11,12)/t3-,4?,5+,6-,7-/m1/s1. The molecule has 1 fully saturated rings. The molecule has 5 atom stereocenters. The van der Waals surface area contributed by atoms with Gasteiger partial charge in [0.15, 0.2) is 0 Å². The SMILES string of the molecule is B[C@@H]1O[C@H](C(C)OP(=O)(O)O)[C@@H](O)[C@H]1C. The zero-order valence-electron chi connectivity index (χ0n) is 8.90. The van der Waals surface area contributed by atoms with Gasteiger partial charge in [0, 0.05) is 11.9 Å². The van der Waals surface area contributed by atoms with Crippen LogP contribution < -0.4 is 0 Å². The Bertz CT molecular complexity index is 268. The van der Waals surface area contributed by atoms with Gasteiger partial charge in [0.1, 0.15) is 14.0 Å². The van der Waals surface area contributed by atoms with Crippen molar-refractivity contribution in [3.05, 3.63) is 0 Å². The predicted molar refractivity (Wildman–Crippen MR) is 55.0 cm³/mol. The van der Waals surface area contributed by atoms with E-state index in [4.69, 9.17) is 14.5 Å². The van der Waals surface area contributed by atoms with Crippen molar-refractivity contribution in [2.75, 3.05) is 0 Å². The molecule has 88 valence electrons. The number of phosphoric ester groups is 1. The molecule has 1 saturated heterocycles. The van der Waals surface area contributed by atoms with E-state index in [1.165, 1.54) is 6.92 Å². The second-order valence-electron chi connectivity index (χ2n) is 3.96. The van der Waals surface area contributed by atoms with Crippen LogP contribution in [0.4, 0.5) is 0 Å². The van der Waals surface area contributed by atoms with E-state index in [0.717, 1.165) is 0 Å². The van der Waals surface area contributed by atoms with Gasteiger partial charge in [-0.2, -0.15) is 0 Å². The van der Waals surface area contributed by atoms with E-state index in [0.29, 0.717) is 0 Å². The molecule has 0 amide bonds. The van der Waals surface area contributed by atoms with Gasteiger partial charge in [-0.1, -0.05) is 6.92 Å². The minimum Gasteiger partial charge on any atom is -0.390 e. The molecule has 1 heterocycles. The summed E-state index contributed by atoms with van der Waals surface area (Å²) in [7, 11) is -2.73. The Hall–Kier alpha value is 0.0949. The minimum atomic E-state index is -4.53. The first-order valence-electron chi connectivity index (χ1n) is 4.80.